The molecule has 1 aliphatic heterocycles. The summed E-state index contributed by atoms with van der Waals surface area (Å²) < 4.78 is 19.2. The molecular formula is C17H26FN3O2. The van der Waals surface area contributed by atoms with E-state index in [2.05, 4.69) is 10.6 Å². The van der Waals surface area contributed by atoms with Crippen molar-refractivity contribution in [2.45, 2.75) is 24.9 Å². The first-order valence-electron chi connectivity index (χ1n) is 8.09. The SMILES string of the molecule is COC1(C(=O)NCCCN(C)c2ccccc2F)CCNCC1. The predicted molar refractivity (Wildman–Crippen MR) is 89.1 cm³/mol. The molecule has 0 spiro atoms. The second kappa shape index (κ2) is 8.26. The van der Waals surface area contributed by atoms with E-state index in [9.17, 15) is 9.18 Å². The van der Waals surface area contributed by atoms with Gasteiger partial charge in [0.15, 0.2) is 0 Å². The normalized spacial score (nSPS) is 16.8. The summed E-state index contributed by atoms with van der Waals surface area (Å²) in [6.45, 7) is 2.80. The number of para-hydroxylation sites is 1. The van der Waals surface area contributed by atoms with E-state index >= 15 is 0 Å². The van der Waals surface area contributed by atoms with Crippen LogP contribution >= 0.6 is 0 Å². The lowest BCUT2D eigenvalue weighted by Crippen LogP contribution is -2.54. The smallest absolute Gasteiger partial charge is 0.252 e. The van der Waals surface area contributed by atoms with E-state index in [0.29, 0.717) is 31.6 Å². The number of anilines is 1. The molecule has 1 aromatic rings. The van der Waals surface area contributed by atoms with Crippen molar-refractivity contribution in [2.24, 2.45) is 0 Å². The van der Waals surface area contributed by atoms with E-state index in [1.807, 2.05) is 18.0 Å². The van der Waals surface area contributed by atoms with Gasteiger partial charge in [-0.3, -0.25) is 4.79 Å². The number of hydrogen-bond acceptors (Lipinski definition) is 4. The zero-order valence-electron chi connectivity index (χ0n) is 13.9. The molecule has 0 unspecified atom stereocenters. The number of piperidine rings is 1. The third-order valence-corrected chi connectivity index (χ3v) is 4.44. The van der Waals surface area contributed by atoms with E-state index < -0.39 is 5.60 Å². The molecule has 6 heteroatoms. The molecule has 0 bridgehead atoms. The third kappa shape index (κ3) is 4.42. The van der Waals surface area contributed by atoms with Crippen LogP contribution in [0.25, 0.3) is 0 Å². The minimum absolute atomic E-state index is 0.0463. The number of rotatable bonds is 7. The number of amides is 1. The standard InChI is InChI=1S/C17H26FN3O2/c1-21(15-7-4-3-6-14(15)18)13-5-10-20-16(22)17(23-2)8-11-19-12-9-17/h3-4,6-7,19H,5,8-13H2,1-2H3,(H,20,22). The first-order valence-corrected chi connectivity index (χ1v) is 8.09. The molecule has 0 aliphatic carbocycles. The van der Waals surface area contributed by atoms with Crippen LogP contribution in [0.3, 0.4) is 0 Å². The van der Waals surface area contributed by atoms with E-state index in [-0.39, 0.29) is 11.7 Å². The molecule has 1 amide bonds. The van der Waals surface area contributed by atoms with Crippen LogP contribution in [-0.2, 0) is 9.53 Å². The number of halogens is 1. The number of carbonyl (C=O) groups excluding carboxylic acids is 1. The van der Waals surface area contributed by atoms with Crippen LogP contribution in [0.2, 0.25) is 0 Å². The van der Waals surface area contributed by atoms with Crippen LogP contribution in [-0.4, -0.2) is 51.8 Å². The maximum atomic E-state index is 13.7. The Bertz CT molecular complexity index is 518. The second-order valence-corrected chi connectivity index (χ2v) is 5.93. The van der Waals surface area contributed by atoms with Crippen molar-refractivity contribution >= 4 is 11.6 Å². The van der Waals surface area contributed by atoms with Gasteiger partial charge in [-0.25, -0.2) is 4.39 Å². The monoisotopic (exact) mass is 323 g/mol. The van der Waals surface area contributed by atoms with Gasteiger partial charge in [0.2, 0.25) is 0 Å². The molecular weight excluding hydrogens is 297 g/mol. The van der Waals surface area contributed by atoms with Crippen molar-refractivity contribution in [1.29, 1.82) is 0 Å². The van der Waals surface area contributed by atoms with Gasteiger partial charge >= 0.3 is 0 Å². The first kappa shape index (κ1) is 17.7. The van der Waals surface area contributed by atoms with Crippen molar-refractivity contribution in [3.05, 3.63) is 30.1 Å². The molecule has 1 fully saturated rings. The van der Waals surface area contributed by atoms with E-state index in [1.165, 1.54) is 6.07 Å². The van der Waals surface area contributed by atoms with Crippen LogP contribution < -0.4 is 15.5 Å². The quantitative estimate of drug-likeness (QED) is 0.748. The van der Waals surface area contributed by atoms with Gasteiger partial charge in [0.25, 0.3) is 5.91 Å². The van der Waals surface area contributed by atoms with E-state index in [1.54, 1.807) is 19.2 Å². The van der Waals surface area contributed by atoms with Gasteiger partial charge in [-0.15, -0.1) is 0 Å². The number of nitrogens with one attached hydrogen (secondary N) is 2. The maximum absolute atomic E-state index is 13.7. The van der Waals surface area contributed by atoms with Crippen molar-refractivity contribution in [3.8, 4) is 0 Å². The summed E-state index contributed by atoms with van der Waals surface area (Å²) in [5.74, 6) is -0.276. The number of ether oxygens (including phenoxy) is 1. The number of hydrogen-bond donors (Lipinski definition) is 2. The predicted octanol–water partition coefficient (Wildman–Crippen LogP) is 1.54. The molecule has 128 valence electrons. The Kier molecular flexibility index (Phi) is 6.36. The highest BCUT2D eigenvalue weighted by atomic mass is 19.1. The lowest BCUT2D eigenvalue weighted by atomic mass is 9.91. The average Bonchev–Trinajstić information content (AvgIpc) is 2.59. The highest BCUT2D eigenvalue weighted by molar-refractivity contribution is 5.85. The van der Waals surface area contributed by atoms with Crippen LogP contribution in [0.15, 0.2) is 24.3 Å². The Morgan fingerprint density at radius 3 is 2.74 bits per heavy atom. The fourth-order valence-electron chi connectivity index (χ4n) is 2.92. The van der Waals surface area contributed by atoms with Gasteiger partial charge in [-0.1, -0.05) is 12.1 Å². The molecule has 0 saturated carbocycles. The topological polar surface area (TPSA) is 53.6 Å². The number of carbonyl (C=O) groups is 1. The second-order valence-electron chi connectivity index (χ2n) is 5.93. The van der Waals surface area contributed by atoms with Crippen molar-refractivity contribution in [2.75, 3.05) is 45.2 Å². The Labute approximate surface area is 137 Å². The summed E-state index contributed by atoms with van der Waals surface area (Å²) in [6, 6.07) is 6.70. The molecule has 2 N–H and O–H groups in total. The number of methoxy groups -OCH3 is 1. The summed E-state index contributed by atoms with van der Waals surface area (Å²) in [6.07, 6.45) is 2.11. The minimum Gasteiger partial charge on any atom is -0.372 e. The maximum Gasteiger partial charge on any atom is 0.252 e. The molecule has 1 heterocycles. The fraction of sp³-hybridized carbons (Fsp3) is 0.588. The fourth-order valence-corrected chi connectivity index (χ4v) is 2.92. The van der Waals surface area contributed by atoms with Crippen LogP contribution in [0.4, 0.5) is 10.1 Å². The molecule has 1 saturated heterocycles. The Balaban J connectivity index is 1.76. The molecule has 1 aliphatic rings. The summed E-state index contributed by atoms with van der Waals surface area (Å²) in [7, 11) is 3.44. The molecule has 0 radical (unpaired) electrons. The van der Waals surface area contributed by atoms with Gasteiger partial charge in [0, 0.05) is 27.2 Å². The highest BCUT2D eigenvalue weighted by Gasteiger charge is 2.39. The van der Waals surface area contributed by atoms with Crippen molar-refractivity contribution in [3.63, 3.8) is 0 Å². The summed E-state index contributed by atoms with van der Waals surface area (Å²) in [5.41, 5.74) is -0.131. The van der Waals surface area contributed by atoms with Gasteiger partial charge in [-0.05, 0) is 44.5 Å². The van der Waals surface area contributed by atoms with Crippen LogP contribution in [0.1, 0.15) is 19.3 Å². The molecule has 23 heavy (non-hydrogen) atoms. The molecule has 5 nitrogen and oxygen atoms in total. The van der Waals surface area contributed by atoms with E-state index in [4.69, 9.17) is 4.74 Å². The molecule has 1 aromatic carbocycles. The minimum atomic E-state index is -0.706. The molecule has 2 rings (SSSR count). The first-order chi connectivity index (χ1) is 11.1. The lowest BCUT2D eigenvalue weighted by molar-refractivity contribution is -0.146. The molecule has 0 atom stereocenters. The van der Waals surface area contributed by atoms with Crippen LogP contribution in [0, 0.1) is 5.82 Å². The van der Waals surface area contributed by atoms with Gasteiger partial charge in [-0.2, -0.15) is 0 Å². The van der Waals surface area contributed by atoms with Gasteiger partial charge in [0.1, 0.15) is 11.4 Å². The zero-order valence-corrected chi connectivity index (χ0v) is 13.9. The van der Waals surface area contributed by atoms with Gasteiger partial charge < -0.3 is 20.3 Å². The Hall–Kier alpha value is -1.66. The summed E-state index contributed by atoms with van der Waals surface area (Å²) >= 11 is 0. The number of benzene rings is 1. The lowest BCUT2D eigenvalue weighted by Gasteiger charge is -2.34. The average molecular weight is 323 g/mol. The Morgan fingerprint density at radius 2 is 2.09 bits per heavy atom. The highest BCUT2D eigenvalue weighted by Crippen LogP contribution is 2.22. The van der Waals surface area contributed by atoms with Crippen LogP contribution in [0.5, 0.6) is 0 Å². The Morgan fingerprint density at radius 1 is 1.39 bits per heavy atom. The number of nitrogens with zero attached hydrogens (tertiary/aromatic N) is 1. The zero-order chi connectivity index (χ0) is 16.7. The third-order valence-electron chi connectivity index (χ3n) is 4.44. The van der Waals surface area contributed by atoms with Crippen molar-refractivity contribution < 1.29 is 13.9 Å². The van der Waals surface area contributed by atoms with Gasteiger partial charge in [0.05, 0.1) is 5.69 Å². The van der Waals surface area contributed by atoms with E-state index in [0.717, 1.165) is 19.5 Å². The summed E-state index contributed by atoms with van der Waals surface area (Å²) in [5, 5.41) is 6.19. The van der Waals surface area contributed by atoms with Crippen molar-refractivity contribution in [1.82, 2.24) is 10.6 Å². The molecule has 0 aromatic heterocycles. The largest absolute Gasteiger partial charge is 0.372 e. The summed E-state index contributed by atoms with van der Waals surface area (Å²) in [4.78, 5) is 14.2.